The third kappa shape index (κ3) is 2.19. The first-order valence-electron chi connectivity index (χ1n) is 4.93. The minimum atomic E-state index is 0.548. The Morgan fingerprint density at radius 1 is 1.36 bits per heavy atom. The largest absolute Gasteiger partial charge is 0.375 e. The van der Waals surface area contributed by atoms with Crippen molar-refractivity contribution in [2.75, 3.05) is 0 Å². The average Bonchev–Trinajstić information content (AvgIpc) is 2.32. The molecule has 1 nitrogen and oxygen atoms in total. The number of ether oxygens (including phenoxy) is 1. The van der Waals surface area contributed by atoms with Crippen LogP contribution in [-0.2, 0) is 4.74 Å². The third-order valence-corrected chi connectivity index (χ3v) is 2.65. The van der Waals surface area contributed by atoms with E-state index in [-0.39, 0.29) is 0 Å². The Morgan fingerprint density at radius 2 is 2.09 bits per heavy atom. The van der Waals surface area contributed by atoms with Crippen LogP contribution in [0, 0.1) is 5.92 Å². The van der Waals surface area contributed by atoms with Crippen LogP contribution in [0.5, 0.6) is 0 Å². The Bertz CT molecular complexity index is 111. The molecule has 0 aromatic rings. The Labute approximate surface area is 70.1 Å². The summed E-state index contributed by atoms with van der Waals surface area (Å²) in [7, 11) is 0. The quantitative estimate of drug-likeness (QED) is 0.610. The molecular formula is C10H20O. The average molecular weight is 156 g/mol. The fraction of sp³-hybridized carbons (Fsp3) is 1.00. The summed E-state index contributed by atoms with van der Waals surface area (Å²) in [6.45, 7) is 6.76. The summed E-state index contributed by atoms with van der Waals surface area (Å²) in [5.41, 5.74) is 0. The smallest absolute Gasteiger partial charge is 0.0602 e. The predicted molar refractivity (Wildman–Crippen MR) is 47.6 cm³/mol. The standard InChI is InChI=1S/C10H20O/c1-4-6-9-7-8(3)10(5-2)11-9/h8-10H,4-7H2,1-3H3. The molecule has 11 heavy (non-hydrogen) atoms. The molecule has 1 rings (SSSR count). The second-order valence-corrected chi connectivity index (χ2v) is 3.71. The van der Waals surface area contributed by atoms with E-state index in [1.54, 1.807) is 0 Å². The zero-order valence-electron chi connectivity index (χ0n) is 7.97. The van der Waals surface area contributed by atoms with Crippen molar-refractivity contribution < 1.29 is 4.74 Å². The van der Waals surface area contributed by atoms with Gasteiger partial charge >= 0.3 is 0 Å². The summed E-state index contributed by atoms with van der Waals surface area (Å²) in [5, 5.41) is 0. The molecule has 1 aliphatic heterocycles. The molecule has 1 heteroatoms. The summed E-state index contributed by atoms with van der Waals surface area (Å²) in [5.74, 6) is 0.788. The van der Waals surface area contributed by atoms with E-state index in [0.29, 0.717) is 12.2 Å². The van der Waals surface area contributed by atoms with Crippen molar-refractivity contribution in [1.82, 2.24) is 0 Å². The van der Waals surface area contributed by atoms with Crippen LogP contribution >= 0.6 is 0 Å². The SMILES string of the molecule is CCCC1CC(C)C(CC)O1. The zero-order chi connectivity index (χ0) is 8.27. The van der Waals surface area contributed by atoms with Gasteiger partial charge in [0.25, 0.3) is 0 Å². The van der Waals surface area contributed by atoms with Gasteiger partial charge in [0.2, 0.25) is 0 Å². The zero-order valence-corrected chi connectivity index (χ0v) is 7.97. The molecule has 0 saturated carbocycles. The van der Waals surface area contributed by atoms with Crippen molar-refractivity contribution in [3.8, 4) is 0 Å². The van der Waals surface area contributed by atoms with Gasteiger partial charge in [-0.1, -0.05) is 27.2 Å². The normalized spacial score (nSPS) is 37.9. The molecule has 1 heterocycles. The molecule has 0 aliphatic carbocycles. The van der Waals surface area contributed by atoms with Crippen LogP contribution in [0.1, 0.15) is 46.5 Å². The fourth-order valence-corrected chi connectivity index (χ4v) is 2.01. The molecule has 1 fully saturated rings. The Kier molecular flexibility index (Phi) is 3.38. The van der Waals surface area contributed by atoms with E-state index in [1.807, 2.05) is 0 Å². The highest BCUT2D eigenvalue weighted by Crippen LogP contribution is 2.30. The van der Waals surface area contributed by atoms with E-state index in [2.05, 4.69) is 20.8 Å². The van der Waals surface area contributed by atoms with Gasteiger partial charge in [-0.3, -0.25) is 0 Å². The summed E-state index contributed by atoms with van der Waals surface area (Å²) in [6.07, 6.45) is 6.09. The van der Waals surface area contributed by atoms with Gasteiger partial charge in [-0.25, -0.2) is 0 Å². The molecule has 66 valence electrons. The molecule has 0 amide bonds. The van der Waals surface area contributed by atoms with E-state index < -0.39 is 0 Å². The van der Waals surface area contributed by atoms with Gasteiger partial charge in [-0.15, -0.1) is 0 Å². The number of hydrogen-bond donors (Lipinski definition) is 0. The fourth-order valence-electron chi connectivity index (χ4n) is 2.01. The van der Waals surface area contributed by atoms with Gasteiger partial charge in [0, 0.05) is 0 Å². The van der Waals surface area contributed by atoms with Gasteiger partial charge in [0.1, 0.15) is 0 Å². The first-order chi connectivity index (χ1) is 5.27. The maximum atomic E-state index is 5.86. The highest BCUT2D eigenvalue weighted by Gasteiger charge is 2.29. The van der Waals surface area contributed by atoms with Crippen molar-refractivity contribution in [3.05, 3.63) is 0 Å². The predicted octanol–water partition coefficient (Wildman–Crippen LogP) is 2.99. The van der Waals surface area contributed by atoms with Crippen molar-refractivity contribution >= 4 is 0 Å². The first kappa shape index (κ1) is 9.05. The number of hydrogen-bond acceptors (Lipinski definition) is 1. The van der Waals surface area contributed by atoms with E-state index in [1.165, 1.54) is 25.7 Å². The van der Waals surface area contributed by atoms with Crippen LogP contribution in [0.3, 0.4) is 0 Å². The van der Waals surface area contributed by atoms with Gasteiger partial charge in [0.15, 0.2) is 0 Å². The monoisotopic (exact) mass is 156 g/mol. The highest BCUT2D eigenvalue weighted by molar-refractivity contribution is 4.78. The van der Waals surface area contributed by atoms with Crippen LogP contribution in [0.25, 0.3) is 0 Å². The van der Waals surface area contributed by atoms with E-state index in [4.69, 9.17) is 4.74 Å². The molecule has 0 bridgehead atoms. The summed E-state index contributed by atoms with van der Waals surface area (Å²) >= 11 is 0. The minimum Gasteiger partial charge on any atom is -0.375 e. The van der Waals surface area contributed by atoms with Gasteiger partial charge in [-0.05, 0) is 25.2 Å². The molecule has 0 N–H and O–H groups in total. The van der Waals surface area contributed by atoms with E-state index in [0.717, 1.165) is 5.92 Å². The lowest BCUT2D eigenvalue weighted by Crippen LogP contribution is -2.12. The van der Waals surface area contributed by atoms with Crippen LogP contribution in [0.15, 0.2) is 0 Å². The molecule has 0 spiro atoms. The lowest BCUT2D eigenvalue weighted by Gasteiger charge is -2.12. The van der Waals surface area contributed by atoms with E-state index >= 15 is 0 Å². The molecule has 0 aromatic carbocycles. The molecule has 1 saturated heterocycles. The Hall–Kier alpha value is -0.0400. The molecule has 0 radical (unpaired) electrons. The first-order valence-corrected chi connectivity index (χ1v) is 4.93. The van der Waals surface area contributed by atoms with Crippen molar-refractivity contribution in [2.24, 2.45) is 5.92 Å². The molecule has 1 aliphatic rings. The summed E-state index contributed by atoms with van der Waals surface area (Å²) in [6, 6.07) is 0. The topological polar surface area (TPSA) is 9.23 Å². The second-order valence-electron chi connectivity index (χ2n) is 3.71. The van der Waals surface area contributed by atoms with Gasteiger partial charge < -0.3 is 4.74 Å². The van der Waals surface area contributed by atoms with Crippen molar-refractivity contribution in [1.29, 1.82) is 0 Å². The maximum Gasteiger partial charge on any atom is 0.0602 e. The van der Waals surface area contributed by atoms with Crippen molar-refractivity contribution in [3.63, 3.8) is 0 Å². The van der Waals surface area contributed by atoms with Crippen LogP contribution in [0.2, 0.25) is 0 Å². The minimum absolute atomic E-state index is 0.548. The lowest BCUT2D eigenvalue weighted by molar-refractivity contribution is 0.0300. The van der Waals surface area contributed by atoms with Gasteiger partial charge in [0.05, 0.1) is 12.2 Å². The highest BCUT2D eigenvalue weighted by atomic mass is 16.5. The van der Waals surface area contributed by atoms with Crippen LogP contribution < -0.4 is 0 Å². The molecule has 0 aromatic heterocycles. The number of rotatable bonds is 3. The van der Waals surface area contributed by atoms with Crippen LogP contribution in [-0.4, -0.2) is 12.2 Å². The summed E-state index contributed by atoms with van der Waals surface area (Å²) in [4.78, 5) is 0. The Balaban J connectivity index is 2.30. The van der Waals surface area contributed by atoms with Crippen LogP contribution in [0.4, 0.5) is 0 Å². The second kappa shape index (κ2) is 4.10. The lowest BCUT2D eigenvalue weighted by atomic mass is 9.99. The third-order valence-electron chi connectivity index (χ3n) is 2.65. The molecule has 3 unspecified atom stereocenters. The van der Waals surface area contributed by atoms with E-state index in [9.17, 15) is 0 Å². The Morgan fingerprint density at radius 3 is 2.55 bits per heavy atom. The van der Waals surface area contributed by atoms with Crippen molar-refractivity contribution in [2.45, 2.75) is 58.7 Å². The summed E-state index contributed by atoms with van der Waals surface area (Å²) < 4.78 is 5.86. The van der Waals surface area contributed by atoms with Gasteiger partial charge in [-0.2, -0.15) is 0 Å². The molecular weight excluding hydrogens is 136 g/mol. The molecule has 3 atom stereocenters. The maximum absolute atomic E-state index is 5.86.